The van der Waals surface area contributed by atoms with Gasteiger partial charge in [0.15, 0.2) is 0 Å². The lowest BCUT2D eigenvalue weighted by Gasteiger charge is -2.11. The van der Waals surface area contributed by atoms with E-state index in [0.717, 1.165) is 16.1 Å². The third-order valence-electron chi connectivity index (χ3n) is 3.95. The number of aromatic nitrogens is 1. The van der Waals surface area contributed by atoms with E-state index in [1.54, 1.807) is 25.5 Å². The van der Waals surface area contributed by atoms with E-state index in [1.165, 1.54) is 18.3 Å². The highest BCUT2D eigenvalue weighted by Gasteiger charge is 2.07. The standard InChI is InChI=1S/C18H21N3O2S.C4H8O2/c1-5-21-17(22)16(24-18(21)12(2)11-19)10-13(3)20-14-6-8-15(23-4)9-7-14;1-3-6-4(2)5/h6-10,13,20H,5H2,1-4H3;3H2,1-2H3/b16-10?,18-12+;. The van der Waals surface area contributed by atoms with Crippen molar-refractivity contribution in [2.75, 3.05) is 19.0 Å². The summed E-state index contributed by atoms with van der Waals surface area (Å²) in [7, 11) is 1.63. The normalized spacial score (nSPS) is 12.8. The maximum Gasteiger partial charge on any atom is 0.302 e. The molecule has 0 spiro atoms. The van der Waals surface area contributed by atoms with Crippen LogP contribution in [0.25, 0.3) is 11.6 Å². The molecule has 0 bridgehead atoms. The highest BCUT2D eigenvalue weighted by atomic mass is 32.1. The topological polar surface area (TPSA) is 93.3 Å². The molecule has 0 amide bonds. The summed E-state index contributed by atoms with van der Waals surface area (Å²) in [5.41, 5.74) is 1.47. The first-order valence-electron chi connectivity index (χ1n) is 9.63. The fourth-order valence-corrected chi connectivity index (χ4v) is 3.77. The van der Waals surface area contributed by atoms with Gasteiger partial charge in [0.25, 0.3) is 5.56 Å². The zero-order chi connectivity index (χ0) is 22.7. The summed E-state index contributed by atoms with van der Waals surface area (Å²) in [6.45, 7) is 9.84. The van der Waals surface area contributed by atoms with Crippen LogP contribution in [0.5, 0.6) is 5.75 Å². The number of carbonyl (C=O) groups is 1. The second kappa shape index (κ2) is 12.5. The summed E-state index contributed by atoms with van der Waals surface area (Å²) in [6, 6.07) is 9.73. The first-order chi connectivity index (χ1) is 14.3. The molecule has 30 heavy (non-hydrogen) atoms. The molecule has 1 heterocycles. The van der Waals surface area contributed by atoms with E-state index in [2.05, 4.69) is 16.1 Å². The molecule has 0 fully saturated rings. The van der Waals surface area contributed by atoms with Crippen molar-refractivity contribution >= 4 is 34.6 Å². The molecule has 162 valence electrons. The fourth-order valence-electron chi connectivity index (χ4n) is 2.57. The highest BCUT2D eigenvalue weighted by molar-refractivity contribution is 7.07. The van der Waals surface area contributed by atoms with Crippen LogP contribution in [0.15, 0.2) is 29.1 Å². The molecule has 2 rings (SSSR count). The Hall–Kier alpha value is -3.05. The molecule has 0 aliphatic heterocycles. The van der Waals surface area contributed by atoms with Gasteiger partial charge in [0.1, 0.15) is 10.4 Å². The van der Waals surface area contributed by atoms with Crippen molar-refractivity contribution in [1.29, 1.82) is 5.26 Å². The van der Waals surface area contributed by atoms with Gasteiger partial charge in [-0.3, -0.25) is 14.2 Å². The van der Waals surface area contributed by atoms with Crippen molar-refractivity contribution in [3.05, 3.63) is 43.8 Å². The quantitative estimate of drug-likeness (QED) is 0.707. The van der Waals surface area contributed by atoms with Crippen molar-refractivity contribution in [2.24, 2.45) is 0 Å². The van der Waals surface area contributed by atoms with Gasteiger partial charge in [-0.25, -0.2) is 0 Å². The Morgan fingerprint density at radius 2 is 1.93 bits per heavy atom. The number of benzene rings is 1. The Labute approximate surface area is 180 Å². The van der Waals surface area contributed by atoms with Gasteiger partial charge in [-0.05, 0) is 58.0 Å². The molecule has 0 saturated carbocycles. The number of carbonyl (C=O) groups excluding carboxylic acids is 1. The number of hydrogen-bond donors (Lipinski definition) is 1. The van der Waals surface area contributed by atoms with Gasteiger partial charge in [-0.2, -0.15) is 5.26 Å². The monoisotopic (exact) mass is 431 g/mol. The second-order valence-electron chi connectivity index (χ2n) is 6.31. The number of nitriles is 1. The van der Waals surface area contributed by atoms with E-state index < -0.39 is 0 Å². The number of methoxy groups -OCH3 is 1. The predicted molar refractivity (Wildman–Crippen MR) is 121 cm³/mol. The molecule has 0 aliphatic rings. The van der Waals surface area contributed by atoms with Crippen molar-refractivity contribution in [2.45, 2.75) is 47.2 Å². The van der Waals surface area contributed by atoms with Crippen LogP contribution < -0.4 is 24.8 Å². The number of nitrogens with one attached hydrogen (secondary N) is 1. The van der Waals surface area contributed by atoms with Crippen LogP contribution >= 0.6 is 11.3 Å². The molecule has 8 heteroatoms. The minimum absolute atomic E-state index is 0.0229. The molecule has 1 unspecified atom stereocenters. The second-order valence-corrected chi connectivity index (χ2v) is 7.34. The van der Waals surface area contributed by atoms with Gasteiger partial charge in [-0.15, -0.1) is 11.3 Å². The molecule has 0 saturated heterocycles. The summed E-state index contributed by atoms with van der Waals surface area (Å²) in [6.07, 6.45) is 1.90. The van der Waals surface area contributed by atoms with Crippen molar-refractivity contribution in [3.8, 4) is 11.8 Å². The van der Waals surface area contributed by atoms with E-state index in [-0.39, 0.29) is 17.6 Å². The SMILES string of the molecule is CCOC(C)=O.CCn1c(=O)c(=CC(C)Nc2ccc(OC)cc2)s/c1=C(\C)C#N. The van der Waals surface area contributed by atoms with Crippen molar-refractivity contribution in [1.82, 2.24) is 4.57 Å². The van der Waals surface area contributed by atoms with Crippen LogP contribution in [0.1, 0.15) is 34.6 Å². The molecular weight excluding hydrogens is 402 g/mol. The molecule has 1 atom stereocenters. The summed E-state index contributed by atoms with van der Waals surface area (Å²) >= 11 is 1.36. The average molecular weight is 432 g/mol. The Morgan fingerprint density at radius 1 is 1.30 bits per heavy atom. The number of esters is 1. The van der Waals surface area contributed by atoms with E-state index in [9.17, 15) is 9.59 Å². The smallest absolute Gasteiger partial charge is 0.302 e. The molecule has 0 aliphatic carbocycles. The molecule has 0 radical (unpaired) electrons. The highest BCUT2D eigenvalue weighted by Crippen LogP contribution is 2.15. The van der Waals surface area contributed by atoms with E-state index in [1.807, 2.05) is 44.2 Å². The van der Waals surface area contributed by atoms with Gasteiger partial charge in [-0.1, -0.05) is 0 Å². The number of thiazole rings is 1. The summed E-state index contributed by atoms with van der Waals surface area (Å²) in [5, 5.41) is 12.4. The third-order valence-corrected chi connectivity index (χ3v) is 5.20. The van der Waals surface area contributed by atoms with Crippen LogP contribution in [0.4, 0.5) is 5.69 Å². The Morgan fingerprint density at radius 3 is 2.37 bits per heavy atom. The third kappa shape index (κ3) is 7.41. The maximum atomic E-state index is 12.5. The summed E-state index contributed by atoms with van der Waals surface area (Å²) in [5.74, 6) is 0.589. The number of hydrogen-bond acceptors (Lipinski definition) is 7. The van der Waals surface area contributed by atoms with Gasteiger partial charge < -0.3 is 14.8 Å². The van der Waals surface area contributed by atoms with Gasteiger partial charge in [0, 0.05) is 25.2 Å². The molecule has 7 nitrogen and oxygen atoms in total. The van der Waals surface area contributed by atoms with E-state index in [0.29, 0.717) is 23.3 Å². The Kier molecular flexibility index (Phi) is 10.4. The zero-order valence-corrected chi connectivity index (χ0v) is 19.1. The lowest BCUT2D eigenvalue weighted by atomic mass is 10.2. The van der Waals surface area contributed by atoms with E-state index >= 15 is 0 Å². The lowest BCUT2D eigenvalue weighted by molar-refractivity contribution is -0.140. The lowest BCUT2D eigenvalue weighted by Crippen LogP contribution is -2.32. The number of nitrogens with zero attached hydrogens (tertiary/aromatic N) is 2. The minimum atomic E-state index is -0.211. The Bertz CT molecular complexity index is 1050. The van der Waals surface area contributed by atoms with Crippen LogP contribution in [0, 0.1) is 11.3 Å². The fraction of sp³-hybridized carbons (Fsp3) is 0.409. The maximum absolute atomic E-state index is 12.5. The number of ether oxygens (including phenoxy) is 2. The molecule has 1 N–H and O–H groups in total. The minimum Gasteiger partial charge on any atom is -0.497 e. The van der Waals surface area contributed by atoms with Gasteiger partial charge in [0.2, 0.25) is 0 Å². The summed E-state index contributed by atoms with van der Waals surface area (Å²) in [4.78, 5) is 22.3. The zero-order valence-electron chi connectivity index (χ0n) is 18.3. The molecular formula is C22H29N3O4S. The van der Waals surface area contributed by atoms with Crippen LogP contribution in [0.3, 0.4) is 0 Å². The van der Waals surface area contributed by atoms with Crippen LogP contribution in [0.2, 0.25) is 0 Å². The van der Waals surface area contributed by atoms with Crippen LogP contribution in [-0.4, -0.2) is 30.3 Å². The van der Waals surface area contributed by atoms with E-state index in [4.69, 9.17) is 10.00 Å². The number of rotatable bonds is 6. The molecule has 1 aromatic carbocycles. The van der Waals surface area contributed by atoms with Crippen molar-refractivity contribution in [3.63, 3.8) is 0 Å². The van der Waals surface area contributed by atoms with Crippen molar-refractivity contribution < 1.29 is 14.3 Å². The van der Waals surface area contributed by atoms with Gasteiger partial charge >= 0.3 is 5.97 Å². The van der Waals surface area contributed by atoms with Gasteiger partial charge in [0.05, 0.1) is 29.9 Å². The predicted octanol–water partition coefficient (Wildman–Crippen LogP) is 2.48. The molecule has 1 aromatic heterocycles. The Balaban J connectivity index is 0.000000656. The summed E-state index contributed by atoms with van der Waals surface area (Å²) < 4.78 is 12.6. The first kappa shape index (κ1) is 25.0. The molecule has 2 aromatic rings. The largest absolute Gasteiger partial charge is 0.497 e. The number of anilines is 1. The average Bonchev–Trinajstić information content (AvgIpc) is 3.03. The first-order valence-corrected chi connectivity index (χ1v) is 10.4. The van der Waals surface area contributed by atoms with Crippen LogP contribution in [-0.2, 0) is 16.1 Å².